The zero-order chi connectivity index (χ0) is 21.7. The van der Waals surface area contributed by atoms with Crippen LogP contribution in [0.1, 0.15) is 58.2 Å². The van der Waals surface area contributed by atoms with Gasteiger partial charge in [-0.1, -0.05) is 26.0 Å². The number of imide groups is 1. The van der Waals surface area contributed by atoms with Crippen molar-refractivity contribution in [3.63, 3.8) is 0 Å². The molecule has 2 fully saturated rings. The smallest absolute Gasteiger partial charge is 0.324 e. The van der Waals surface area contributed by atoms with E-state index in [1.807, 2.05) is 13.8 Å². The van der Waals surface area contributed by atoms with Crippen molar-refractivity contribution >= 4 is 17.8 Å². The van der Waals surface area contributed by atoms with Crippen molar-refractivity contribution in [3.8, 4) is 6.07 Å². The van der Waals surface area contributed by atoms with Crippen LogP contribution >= 0.6 is 0 Å². The molecule has 2 saturated heterocycles. The molecule has 0 aromatic heterocycles. The molecule has 0 spiro atoms. The number of nitriles is 1. The number of hydrogen-bond acceptors (Lipinski definition) is 5. The van der Waals surface area contributed by atoms with E-state index in [-0.39, 0.29) is 18.2 Å². The zero-order valence-corrected chi connectivity index (χ0v) is 17.4. The molecule has 29 heavy (non-hydrogen) atoms. The van der Waals surface area contributed by atoms with Crippen LogP contribution in [-0.2, 0) is 14.4 Å². The van der Waals surface area contributed by atoms with Gasteiger partial charge in [-0.2, -0.15) is 5.26 Å². The largest absolute Gasteiger partial charge is 0.480 e. The van der Waals surface area contributed by atoms with Gasteiger partial charge < -0.3 is 5.11 Å². The number of aliphatic carboxylic acids is 1. The van der Waals surface area contributed by atoms with Gasteiger partial charge in [-0.25, -0.2) is 0 Å². The summed E-state index contributed by atoms with van der Waals surface area (Å²) in [5.74, 6) is -3.76. The third-order valence-corrected chi connectivity index (χ3v) is 5.81. The van der Waals surface area contributed by atoms with Crippen molar-refractivity contribution in [1.82, 2.24) is 10.2 Å². The van der Waals surface area contributed by atoms with Gasteiger partial charge in [0.1, 0.15) is 5.54 Å². The molecule has 0 radical (unpaired) electrons. The standard InChI is InChI=1S/C22H27N3O4/c1-12(2)10-22(20(28)29)16-15(18(26)25(19(16)27)21(3,4)5)17(24-22)14-8-6-7-13(9-14)11-23/h6-9,12,15-17,24H,10H2,1-5H3,(H,28,29). The van der Waals surface area contributed by atoms with Crippen LogP contribution in [0.3, 0.4) is 0 Å². The number of likely N-dealkylation sites (tertiary alicyclic amines) is 1. The lowest BCUT2D eigenvalue weighted by molar-refractivity contribution is -0.154. The summed E-state index contributed by atoms with van der Waals surface area (Å²) in [4.78, 5) is 40.5. The minimum absolute atomic E-state index is 0.00460. The second kappa shape index (κ2) is 6.96. The van der Waals surface area contributed by atoms with Crippen LogP contribution in [0.15, 0.2) is 24.3 Å². The van der Waals surface area contributed by atoms with E-state index in [1.165, 1.54) is 4.90 Å². The monoisotopic (exact) mass is 397 g/mol. The molecule has 154 valence electrons. The third kappa shape index (κ3) is 3.22. The van der Waals surface area contributed by atoms with Crippen LogP contribution < -0.4 is 5.32 Å². The summed E-state index contributed by atoms with van der Waals surface area (Å²) in [6, 6.07) is 8.18. The number of rotatable bonds is 4. The van der Waals surface area contributed by atoms with Crippen LogP contribution in [0.25, 0.3) is 0 Å². The summed E-state index contributed by atoms with van der Waals surface area (Å²) in [6.07, 6.45) is 0.217. The molecule has 2 aliphatic rings. The number of carbonyl (C=O) groups excluding carboxylic acids is 2. The van der Waals surface area contributed by atoms with Gasteiger partial charge in [0.2, 0.25) is 11.8 Å². The van der Waals surface area contributed by atoms with Crippen molar-refractivity contribution in [2.75, 3.05) is 0 Å². The number of carboxylic acid groups (broad SMARTS) is 1. The molecule has 2 amide bonds. The lowest BCUT2D eigenvalue weighted by Gasteiger charge is -2.36. The second-order valence-electron chi connectivity index (χ2n) is 9.42. The van der Waals surface area contributed by atoms with Crippen molar-refractivity contribution in [2.45, 2.75) is 58.2 Å². The first-order valence-corrected chi connectivity index (χ1v) is 9.83. The Morgan fingerprint density at radius 1 is 1.31 bits per heavy atom. The molecular weight excluding hydrogens is 370 g/mol. The number of nitrogens with zero attached hydrogens (tertiary/aromatic N) is 2. The summed E-state index contributed by atoms with van der Waals surface area (Å²) < 4.78 is 0. The predicted octanol–water partition coefficient (Wildman–Crippen LogP) is 2.47. The predicted molar refractivity (Wildman–Crippen MR) is 105 cm³/mol. The van der Waals surface area contributed by atoms with Gasteiger partial charge in [0.15, 0.2) is 0 Å². The highest BCUT2D eigenvalue weighted by Gasteiger charge is 2.69. The normalized spacial score (nSPS) is 29.3. The Labute approximate surface area is 170 Å². The van der Waals surface area contributed by atoms with Gasteiger partial charge >= 0.3 is 5.97 Å². The fraction of sp³-hybridized carbons (Fsp3) is 0.545. The van der Waals surface area contributed by atoms with Gasteiger partial charge in [0, 0.05) is 11.6 Å². The average Bonchev–Trinajstić information content (AvgIpc) is 3.09. The number of carboxylic acids is 1. The second-order valence-corrected chi connectivity index (χ2v) is 9.42. The molecule has 2 aliphatic heterocycles. The lowest BCUT2D eigenvalue weighted by atomic mass is 9.75. The molecule has 1 aromatic carbocycles. The highest BCUT2D eigenvalue weighted by Crippen LogP contribution is 2.52. The maximum absolute atomic E-state index is 13.4. The molecule has 4 unspecified atom stereocenters. The van der Waals surface area contributed by atoms with Crippen molar-refractivity contribution in [2.24, 2.45) is 17.8 Å². The molecule has 0 aliphatic carbocycles. The van der Waals surface area contributed by atoms with E-state index in [2.05, 4.69) is 11.4 Å². The minimum Gasteiger partial charge on any atom is -0.480 e. The number of fused-ring (bicyclic) bond motifs is 1. The zero-order valence-electron chi connectivity index (χ0n) is 17.4. The van der Waals surface area contributed by atoms with Crippen LogP contribution in [0, 0.1) is 29.1 Å². The summed E-state index contributed by atoms with van der Waals surface area (Å²) in [5, 5.41) is 22.6. The summed E-state index contributed by atoms with van der Waals surface area (Å²) in [5.41, 5.74) is -1.23. The molecule has 0 bridgehead atoms. The number of benzene rings is 1. The molecule has 1 aromatic rings. The van der Waals surface area contributed by atoms with Crippen molar-refractivity contribution in [3.05, 3.63) is 35.4 Å². The molecule has 3 rings (SSSR count). The lowest BCUT2D eigenvalue weighted by Crippen LogP contribution is -2.58. The van der Waals surface area contributed by atoms with Crippen LogP contribution in [0.4, 0.5) is 0 Å². The Hall–Kier alpha value is -2.72. The number of carbonyl (C=O) groups is 3. The van der Waals surface area contributed by atoms with Crippen LogP contribution in [-0.4, -0.2) is 38.9 Å². The van der Waals surface area contributed by atoms with Gasteiger partial charge in [-0.15, -0.1) is 0 Å². The first-order valence-electron chi connectivity index (χ1n) is 9.83. The maximum atomic E-state index is 13.4. The highest BCUT2D eigenvalue weighted by molar-refractivity contribution is 6.10. The number of amides is 2. The minimum atomic E-state index is -1.54. The SMILES string of the molecule is CC(C)CC1(C(=O)O)NC(c2cccc(C#N)c2)C2C(=O)N(C(C)(C)C)C(=O)C21. The molecule has 7 heteroatoms. The molecule has 7 nitrogen and oxygen atoms in total. The van der Waals surface area contributed by atoms with Gasteiger partial charge in [-0.3, -0.25) is 24.6 Å². The van der Waals surface area contributed by atoms with Crippen molar-refractivity contribution in [1.29, 1.82) is 5.26 Å². The fourth-order valence-electron chi connectivity index (χ4n) is 4.87. The van der Waals surface area contributed by atoms with E-state index in [4.69, 9.17) is 0 Å². The first kappa shape index (κ1) is 21.0. The summed E-state index contributed by atoms with van der Waals surface area (Å²) >= 11 is 0. The number of nitrogens with one attached hydrogen (secondary N) is 1. The summed E-state index contributed by atoms with van der Waals surface area (Å²) in [7, 11) is 0. The average molecular weight is 397 g/mol. The quantitative estimate of drug-likeness (QED) is 0.755. The summed E-state index contributed by atoms with van der Waals surface area (Å²) in [6.45, 7) is 9.11. The number of hydrogen-bond donors (Lipinski definition) is 2. The van der Waals surface area contributed by atoms with Gasteiger partial charge in [-0.05, 0) is 50.8 Å². The van der Waals surface area contributed by atoms with E-state index < -0.39 is 40.8 Å². The van der Waals surface area contributed by atoms with E-state index in [0.29, 0.717) is 11.1 Å². The van der Waals surface area contributed by atoms with Gasteiger partial charge in [0.05, 0.1) is 23.5 Å². The molecular formula is C22H27N3O4. The molecule has 0 saturated carbocycles. The van der Waals surface area contributed by atoms with Crippen LogP contribution in [0.5, 0.6) is 0 Å². The Morgan fingerprint density at radius 3 is 2.48 bits per heavy atom. The molecule has 2 heterocycles. The molecule has 2 N–H and O–H groups in total. The fourth-order valence-corrected chi connectivity index (χ4v) is 4.87. The first-order chi connectivity index (χ1) is 13.4. The topological polar surface area (TPSA) is 110 Å². The van der Waals surface area contributed by atoms with E-state index >= 15 is 0 Å². The van der Waals surface area contributed by atoms with Crippen molar-refractivity contribution < 1.29 is 19.5 Å². The third-order valence-electron chi connectivity index (χ3n) is 5.81. The van der Waals surface area contributed by atoms with E-state index in [0.717, 1.165) is 0 Å². The van der Waals surface area contributed by atoms with E-state index in [1.54, 1.807) is 45.0 Å². The Morgan fingerprint density at radius 2 is 1.97 bits per heavy atom. The Bertz CT molecular complexity index is 911. The Balaban J connectivity index is 2.20. The van der Waals surface area contributed by atoms with E-state index in [9.17, 15) is 24.8 Å². The van der Waals surface area contributed by atoms with Crippen LogP contribution in [0.2, 0.25) is 0 Å². The Kier molecular flexibility index (Phi) is 5.04. The maximum Gasteiger partial charge on any atom is 0.324 e. The van der Waals surface area contributed by atoms with Gasteiger partial charge in [0.25, 0.3) is 0 Å². The highest BCUT2D eigenvalue weighted by atomic mass is 16.4. The molecule has 4 atom stereocenters.